The molecule has 1 heterocycles. The lowest BCUT2D eigenvalue weighted by molar-refractivity contribution is 0.136. The minimum absolute atomic E-state index is 0.266. The van der Waals surface area contributed by atoms with Gasteiger partial charge in [-0.3, -0.25) is 0 Å². The Morgan fingerprint density at radius 1 is 1.55 bits per heavy atom. The second-order valence-corrected chi connectivity index (χ2v) is 5.46. The van der Waals surface area contributed by atoms with Crippen LogP contribution >= 0.6 is 35.4 Å². The quantitative estimate of drug-likeness (QED) is 0.596. The molecule has 0 amide bonds. The Morgan fingerprint density at radius 2 is 2.30 bits per heavy atom. The molecule has 0 bridgehead atoms. The van der Waals surface area contributed by atoms with E-state index in [0.717, 1.165) is 0 Å². The van der Waals surface area contributed by atoms with E-state index in [0.29, 0.717) is 27.5 Å². The number of hydrogen-bond acceptors (Lipinski definition) is 3. The topological polar surface area (TPSA) is 37.2 Å². The first-order chi connectivity index (χ1) is 9.52. The number of rotatable bonds is 5. The zero-order valence-corrected chi connectivity index (χ0v) is 13.1. The SMILES string of the molecule is C=CCN1C(=S)N=NC1C(C)Oc1ccc(Cl)cc1Cl. The Kier molecular flexibility index (Phi) is 4.96. The molecule has 20 heavy (non-hydrogen) atoms. The molecule has 0 aliphatic carbocycles. The van der Waals surface area contributed by atoms with E-state index in [9.17, 15) is 0 Å². The molecule has 0 spiro atoms. The highest BCUT2D eigenvalue weighted by molar-refractivity contribution is 7.80. The average Bonchev–Trinajstić information content (AvgIpc) is 2.75. The summed E-state index contributed by atoms with van der Waals surface area (Å²) < 4.78 is 5.83. The minimum Gasteiger partial charge on any atom is -0.485 e. The van der Waals surface area contributed by atoms with Gasteiger partial charge in [0.1, 0.15) is 11.9 Å². The van der Waals surface area contributed by atoms with E-state index in [1.54, 1.807) is 24.3 Å². The molecule has 2 rings (SSSR count). The van der Waals surface area contributed by atoms with Crippen LogP contribution in [0.3, 0.4) is 0 Å². The van der Waals surface area contributed by atoms with Crippen LogP contribution in [0.15, 0.2) is 41.1 Å². The maximum atomic E-state index is 6.09. The smallest absolute Gasteiger partial charge is 0.218 e. The van der Waals surface area contributed by atoms with Gasteiger partial charge in [-0.05, 0) is 37.3 Å². The minimum atomic E-state index is -0.285. The highest BCUT2D eigenvalue weighted by Gasteiger charge is 2.31. The van der Waals surface area contributed by atoms with E-state index in [1.807, 2.05) is 11.8 Å². The van der Waals surface area contributed by atoms with Crippen molar-refractivity contribution in [2.45, 2.75) is 19.2 Å². The van der Waals surface area contributed by atoms with Crippen molar-refractivity contribution in [1.82, 2.24) is 4.90 Å². The number of halogens is 2. The third kappa shape index (κ3) is 3.29. The first-order valence-electron chi connectivity index (χ1n) is 5.97. The van der Waals surface area contributed by atoms with Gasteiger partial charge in [0.05, 0.1) is 5.02 Å². The summed E-state index contributed by atoms with van der Waals surface area (Å²) in [4.78, 5) is 1.84. The molecule has 0 radical (unpaired) electrons. The van der Waals surface area contributed by atoms with Gasteiger partial charge in [-0.2, -0.15) is 5.11 Å². The van der Waals surface area contributed by atoms with Crippen molar-refractivity contribution in [1.29, 1.82) is 0 Å². The molecule has 7 heteroatoms. The summed E-state index contributed by atoms with van der Waals surface area (Å²) in [5.74, 6) is 0.551. The molecule has 4 nitrogen and oxygen atoms in total. The van der Waals surface area contributed by atoms with Gasteiger partial charge < -0.3 is 9.64 Å². The highest BCUT2D eigenvalue weighted by atomic mass is 35.5. The Morgan fingerprint density at radius 3 is 2.95 bits per heavy atom. The van der Waals surface area contributed by atoms with Gasteiger partial charge in [0.15, 0.2) is 6.17 Å². The maximum Gasteiger partial charge on any atom is 0.218 e. The third-order valence-corrected chi connectivity index (χ3v) is 3.63. The molecular weight excluding hydrogens is 317 g/mol. The molecule has 0 saturated carbocycles. The zero-order chi connectivity index (χ0) is 14.7. The third-order valence-electron chi connectivity index (χ3n) is 2.78. The first-order valence-corrected chi connectivity index (χ1v) is 7.13. The van der Waals surface area contributed by atoms with Gasteiger partial charge >= 0.3 is 0 Å². The number of benzene rings is 1. The largest absolute Gasteiger partial charge is 0.485 e. The van der Waals surface area contributed by atoms with Crippen molar-refractivity contribution in [2.75, 3.05) is 6.54 Å². The molecule has 0 fully saturated rings. The number of ether oxygens (including phenoxy) is 1. The van der Waals surface area contributed by atoms with Crippen molar-refractivity contribution in [3.63, 3.8) is 0 Å². The molecule has 1 aromatic carbocycles. The second kappa shape index (κ2) is 6.52. The lowest BCUT2D eigenvalue weighted by Gasteiger charge is -2.27. The van der Waals surface area contributed by atoms with Crippen LogP contribution in [-0.2, 0) is 0 Å². The predicted molar refractivity (Wildman–Crippen MR) is 84.7 cm³/mol. The average molecular weight is 330 g/mol. The summed E-state index contributed by atoms with van der Waals surface area (Å²) in [5, 5.41) is 9.50. The Hall–Kier alpha value is -1.17. The predicted octanol–water partition coefficient (Wildman–Crippen LogP) is 4.33. The molecule has 0 aromatic heterocycles. The maximum absolute atomic E-state index is 6.09. The fourth-order valence-corrected chi connectivity index (χ4v) is 2.53. The fourth-order valence-electron chi connectivity index (χ4n) is 1.85. The van der Waals surface area contributed by atoms with Crippen molar-refractivity contribution < 1.29 is 4.74 Å². The normalized spacial score (nSPS) is 19.2. The van der Waals surface area contributed by atoms with E-state index in [2.05, 4.69) is 16.8 Å². The summed E-state index contributed by atoms with van der Waals surface area (Å²) in [6, 6.07) is 5.08. The zero-order valence-electron chi connectivity index (χ0n) is 10.8. The number of azo groups is 1. The monoisotopic (exact) mass is 329 g/mol. The molecule has 2 unspecified atom stereocenters. The molecule has 1 aliphatic heterocycles. The van der Waals surface area contributed by atoms with Crippen molar-refractivity contribution in [2.24, 2.45) is 10.2 Å². The Bertz CT molecular complexity index is 565. The Labute approximate surface area is 133 Å². The standard InChI is InChI=1S/C13H13Cl2N3OS/c1-3-6-18-12(16-17-13(18)20)8(2)19-11-5-4-9(14)7-10(11)15/h3-5,7-8,12H,1,6H2,2H3. The lowest BCUT2D eigenvalue weighted by atomic mass is 10.2. The van der Waals surface area contributed by atoms with Gasteiger partial charge in [-0.25, -0.2) is 0 Å². The van der Waals surface area contributed by atoms with E-state index < -0.39 is 0 Å². The van der Waals surface area contributed by atoms with Crippen molar-refractivity contribution >= 4 is 40.5 Å². The van der Waals surface area contributed by atoms with Crippen LogP contribution in [0.25, 0.3) is 0 Å². The number of hydrogen-bond donors (Lipinski definition) is 0. The summed E-state index contributed by atoms with van der Waals surface area (Å²) in [6.45, 7) is 6.15. The molecule has 2 atom stereocenters. The summed E-state index contributed by atoms with van der Waals surface area (Å²) in [7, 11) is 0. The molecule has 0 N–H and O–H groups in total. The van der Waals surface area contributed by atoms with Crippen molar-refractivity contribution in [3.8, 4) is 5.75 Å². The van der Waals surface area contributed by atoms with Crippen LogP contribution in [0.4, 0.5) is 0 Å². The van der Waals surface area contributed by atoms with Crippen LogP contribution in [0, 0.1) is 0 Å². The van der Waals surface area contributed by atoms with E-state index >= 15 is 0 Å². The van der Waals surface area contributed by atoms with Crippen LogP contribution in [0.2, 0.25) is 10.0 Å². The molecule has 1 aromatic rings. The van der Waals surface area contributed by atoms with Gasteiger partial charge in [0, 0.05) is 11.6 Å². The molecule has 1 aliphatic rings. The van der Waals surface area contributed by atoms with Crippen LogP contribution in [0.5, 0.6) is 5.75 Å². The number of nitrogens with zero attached hydrogens (tertiary/aromatic N) is 3. The number of thiocarbonyl (C=S) groups is 1. The van der Waals surface area contributed by atoms with Gasteiger partial charge in [-0.15, -0.1) is 11.7 Å². The van der Waals surface area contributed by atoms with E-state index in [4.69, 9.17) is 40.2 Å². The van der Waals surface area contributed by atoms with Crippen molar-refractivity contribution in [3.05, 3.63) is 40.9 Å². The van der Waals surface area contributed by atoms with Crippen LogP contribution < -0.4 is 4.74 Å². The van der Waals surface area contributed by atoms with E-state index in [-0.39, 0.29) is 12.3 Å². The molecule has 106 valence electrons. The fraction of sp³-hybridized carbons (Fsp3) is 0.308. The van der Waals surface area contributed by atoms with Gasteiger partial charge in [0.2, 0.25) is 5.11 Å². The summed E-state index contributed by atoms with van der Waals surface area (Å²) in [6.07, 6.45) is 1.20. The second-order valence-electron chi connectivity index (χ2n) is 4.25. The summed E-state index contributed by atoms with van der Waals surface area (Å²) >= 11 is 17.1. The van der Waals surface area contributed by atoms with Gasteiger partial charge in [0.25, 0.3) is 0 Å². The van der Waals surface area contributed by atoms with Crippen LogP contribution in [-0.4, -0.2) is 28.8 Å². The van der Waals surface area contributed by atoms with Gasteiger partial charge in [-0.1, -0.05) is 29.3 Å². The van der Waals surface area contributed by atoms with E-state index in [1.165, 1.54) is 0 Å². The molecular formula is C13H13Cl2N3OS. The first kappa shape index (κ1) is 15.2. The molecule has 0 saturated heterocycles. The lowest BCUT2D eigenvalue weighted by Crippen LogP contribution is -2.42. The Balaban J connectivity index is 2.11. The summed E-state index contributed by atoms with van der Waals surface area (Å²) in [5.41, 5.74) is 0. The highest BCUT2D eigenvalue weighted by Crippen LogP contribution is 2.30. The van der Waals surface area contributed by atoms with Crippen LogP contribution in [0.1, 0.15) is 6.92 Å².